The van der Waals surface area contributed by atoms with E-state index in [0.29, 0.717) is 0 Å². The van der Waals surface area contributed by atoms with E-state index in [-0.39, 0.29) is 12.8 Å². The lowest BCUT2D eigenvalue weighted by Gasteiger charge is -2.30. The van der Waals surface area contributed by atoms with Gasteiger partial charge in [-0.2, -0.15) is 0 Å². The molecule has 0 aliphatic heterocycles. The van der Waals surface area contributed by atoms with E-state index in [4.69, 9.17) is 10.9 Å². The molecule has 2 atom stereocenters. The number of amides is 3. The van der Waals surface area contributed by atoms with Crippen LogP contribution in [0.3, 0.4) is 0 Å². The number of primary amides is 1. The Kier molecular flexibility index (Phi) is 6.75. The van der Waals surface area contributed by atoms with E-state index in [1.165, 1.54) is 0 Å². The van der Waals surface area contributed by atoms with Crippen LogP contribution in [-0.2, 0) is 20.8 Å². The number of fused-ring (bicyclic) bond motifs is 1. The van der Waals surface area contributed by atoms with Crippen LogP contribution in [0.15, 0.2) is 42.5 Å². The second-order valence-electron chi connectivity index (χ2n) is 8.03. The van der Waals surface area contributed by atoms with Gasteiger partial charge in [-0.25, -0.2) is 5.48 Å². The lowest BCUT2D eigenvalue weighted by molar-refractivity contribution is -0.136. The minimum Gasteiger partial charge on any atom is -0.368 e. The third-order valence-electron chi connectivity index (χ3n) is 4.66. The lowest BCUT2D eigenvalue weighted by atomic mass is 9.85. The lowest BCUT2D eigenvalue weighted by Crippen LogP contribution is -2.53. The maximum Gasteiger partial charge on any atom is 0.244 e. The van der Waals surface area contributed by atoms with Crippen molar-refractivity contribution in [1.82, 2.24) is 10.8 Å². The summed E-state index contributed by atoms with van der Waals surface area (Å²) in [5.41, 5.74) is 7.30. The zero-order chi connectivity index (χ0) is 20.9. The Labute approximate surface area is 164 Å². The molecule has 3 amide bonds. The molecule has 0 radical (unpaired) electrons. The molecule has 28 heavy (non-hydrogen) atoms. The van der Waals surface area contributed by atoms with Crippen LogP contribution in [0.5, 0.6) is 0 Å². The topological polar surface area (TPSA) is 122 Å². The molecule has 0 heterocycles. The highest BCUT2D eigenvalue weighted by Crippen LogP contribution is 2.22. The van der Waals surface area contributed by atoms with Crippen LogP contribution in [0, 0.1) is 11.3 Å². The van der Waals surface area contributed by atoms with E-state index >= 15 is 0 Å². The molecule has 0 fully saturated rings. The van der Waals surface area contributed by atoms with Crippen LogP contribution in [0.25, 0.3) is 10.8 Å². The molecule has 0 aliphatic rings. The van der Waals surface area contributed by atoms with Crippen molar-refractivity contribution in [1.29, 1.82) is 0 Å². The number of nitrogens with one attached hydrogen (secondary N) is 2. The Morgan fingerprint density at radius 1 is 1.07 bits per heavy atom. The van der Waals surface area contributed by atoms with E-state index in [1.54, 1.807) is 26.3 Å². The monoisotopic (exact) mass is 385 g/mol. The average Bonchev–Trinajstić information content (AvgIpc) is 2.63. The van der Waals surface area contributed by atoms with Crippen molar-refractivity contribution in [3.8, 4) is 0 Å². The van der Waals surface area contributed by atoms with Gasteiger partial charge in [-0.3, -0.25) is 19.6 Å². The number of benzene rings is 2. The highest BCUT2D eigenvalue weighted by Gasteiger charge is 2.33. The molecule has 7 nitrogen and oxygen atoms in total. The summed E-state index contributed by atoms with van der Waals surface area (Å²) in [4.78, 5) is 36.3. The van der Waals surface area contributed by atoms with Gasteiger partial charge in [-0.1, -0.05) is 63.2 Å². The predicted molar refractivity (Wildman–Crippen MR) is 106 cm³/mol. The quantitative estimate of drug-likeness (QED) is 0.430. The molecule has 150 valence electrons. The molecule has 0 saturated carbocycles. The van der Waals surface area contributed by atoms with Crippen LogP contribution in [-0.4, -0.2) is 29.0 Å². The number of hydrogen-bond acceptors (Lipinski definition) is 4. The smallest absolute Gasteiger partial charge is 0.244 e. The van der Waals surface area contributed by atoms with E-state index in [1.807, 2.05) is 42.5 Å². The number of carbonyl (C=O) groups is 3. The van der Waals surface area contributed by atoms with E-state index in [2.05, 4.69) is 5.32 Å². The number of hydroxylamine groups is 1. The van der Waals surface area contributed by atoms with Crippen molar-refractivity contribution in [2.45, 2.75) is 39.7 Å². The van der Waals surface area contributed by atoms with Crippen LogP contribution in [0.4, 0.5) is 0 Å². The van der Waals surface area contributed by atoms with Crippen LogP contribution in [0.1, 0.15) is 32.8 Å². The van der Waals surface area contributed by atoms with Crippen molar-refractivity contribution >= 4 is 28.5 Å². The summed E-state index contributed by atoms with van der Waals surface area (Å²) in [7, 11) is 0. The Balaban J connectivity index is 2.25. The van der Waals surface area contributed by atoms with E-state index in [0.717, 1.165) is 16.3 Å². The maximum atomic E-state index is 12.8. The highest BCUT2D eigenvalue weighted by molar-refractivity contribution is 5.90. The molecular weight excluding hydrogens is 358 g/mol. The first-order valence-corrected chi connectivity index (χ1v) is 9.12. The summed E-state index contributed by atoms with van der Waals surface area (Å²) in [5.74, 6) is -2.54. The maximum absolute atomic E-state index is 12.8. The number of hydrogen-bond donors (Lipinski definition) is 4. The second-order valence-corrected chi connectivity index (χ2v) is 8.03. The zero-order valence-electron chi connectivity index (χ0n) is 16.4. The summed E-state index contributed by atoms with van der Waals surface area (Å²) < 4.78 is 0. The third-order valence-corrected chi connectivity index (χ3v) is 4.66. The average molecular weight is 385 g/mol. The summed E-state index contributed by atoms with van der Waals surface area (Å²) in [5, 5.41) is 13.6. The van der Waals surface area contributed by atoms with Gasteiger partial charge in [0.2, 0.25) is 17.7 Å². The minimum absolute atomic E-state index is 0.217. The van der Waals surface area contributed by atoms with Crippen molar-refractivity contribution in [3.63, 3.8) is 0 Å². The Morgan fingerprint density at radius 3 is 2.29 bits per heavy atom. The fraction of sp³-hybridized carbons (Fsp3) is 0.381. The van der Waals surface area contributed by atoms with Gasteiger partial charge >= 0.3 is 0 Å². The molecule has 0 aliphatic carbocycles. The van der Waals surface area contributed by atoms with Crippen molar-refractivity contribution in [2.24, 2.45) is 17.1 Å². The summed E-state index contributed by atoms with van der Waals surface area (Å²) >= 11 is 0. The molecule has 0 bridgehead atoms. The van der Waals surface area contributed by atoms with Gasteiger partial charge in [0.1, 0.15) is 6.04 Å². The Bertz CT molecular complexity index is 873. The third kappa shape index (κ3) is 5.53. The number of rotatable bonds is 7. The Morgan fingerprint density at radius 2 is 1.71 bits per heavy atom. The molecule has 2 rings (SSSR count). The number of carbonyl (C=O) groups excluding carboxylic acids is 3. The van der Waals surface area contributed by atoms with Crippen molar-refractivity contribution in [2.75, 3.05) is 0 Å². The van der Waals surface area contributed by atoms with Gasteiger partial charge in [0.25, 0.3) is 0 Å². The van der Waals surface area contributed by atoms with Crippen LogP contribution >= 0.6 is 0 Å². The highest BCUT2D eigenvalue weighted by atomic mass is 16.5. The van der Waals surface area contributed by atoms with Crippen molar-refractivity contribution < 1.29 is 19.6 Å². The fourth-order valence-electron chi connectivity index (χ4n) is 3.15. The Hall–Kier alpha value is -2.93. The molecular formula is C21H27N3O4. The van der Waals surface area contributed by atoms with E-state index < -0.39 is 35.1 Å². The normalized spacial score (nSPS) is 13.6. The first-order chi connectivity index (χ1) is 13.1. The second kappa shape index (κ2) is 8.84. The van der Waals surface area contributed by atoms with Gasteiger partial charge in [0, 0.05) is 6.42 Å². The summed E-state index contributed by atoms with van der Waals surface area (Å²) in [6.07, 6.45) is 0.0600. The van der Waals surface area contributed by atoms with Gasteiger partial charge in [-0.05, 0) is 28.2 Å². The SMILES string of the molecule is CC(C)(C)C(NC(=O)C(CC(=O)NO)Cc1ccc2ccccc2c1)C(N)=O. The minimum atomic E-state index is -0.878. The van der Waals surface area contributed by atoms with Crippen LogP contribution < -0.4 is 16.5 Å². The van der Waals surface area contributed by atoms with E-state index in [9.17, 15) is 14.4 Å². The molecule has 5 N–H and O–H groups in total. The molecule has 0 aromatic heterocycles. The molecule has 7 heteroatoms. The molecule has 2 aromatic rings. The van der Waals surface area contributed by atoms with Gasteiger partial charge < -0.3 is 11.1 Å². The first kappa shape index (κ1) is 21.4. The largest absolute Gasteiger partial charge is 0.368 e. The zero-order valence-corrected chi connectivity index (χ0v) is 16.4. The number of nitrogens with two attached hydrogens (primary N) is 1. The van der Waals surface area contributed by atoms with Crippen LogP contribution in [0.2, 0.25) is 0 Å². The van der Waals surface area contributed by atoms with Gasteiger partial charge in [0.05, 0.1) is 5.92 Å². The predicted octanol–water partition coefficient (Wildman–Crippen LogP) is 1.91. The van der Waals surface area contributed by atoms with Gasteiger partial charge in [0.15, 0.2) is 0 Å². The molecule has 0 saturated heterocycles. The summed E-state index contributed by atoms with van der Waals surface area (Å²) in [6.45, 7) is 5.38. The van der Waals surface area contributed by atoms with Crippen molar-refractivity contribution in [3.05, 3.63) is 48.0 Å². The first-order valence-electron chi connectivity index (χ1n) is 9.12. The molecule has 2 unspecified atom stereocenters. The molecule has 2 aromatic carbocycles. The summed E-state index contributed by atoms with van der Waals surface area (Å²) in [6, 6.07) is 12.8. The molecule has 0 spiro atoms. The fourth-order valence-corrected chi connectivity index (χ4v) is 3.15. The van der Waals surface area contributed by atoms with Gasteiger partial charge in [-0.15, -0.1) is 0 Å². The standard InChI is InChI=1S/C21H27N3O4/c1-21(2,3)18(19(22)26)23-20(27)16(12-17(25)24-28)11-13-8-9-14-6-4-5-7-15(14)10-13/h4-10,16,18,28H,11-12H2,1-3H3,(H2,22,26)(H,23,27)(H,24,25).